The molecular formula is C11H20N4O2. The Labute approximate surface area is 101 Å². The Bertz CT molecular complexity index is 380. The first-order valence-corrected chi connectivity index (χ1v) is 5.58. The Morgan fingerprint density at radius 2 is 2.18 bits per heavy atom. The van der Waals surface area contributed by atoms with Crippen LogP contribution in [0.1, 0.15) is 27.7 Å². The third-order valence-corrected chi connectivity index (χ3v) is 2.61. The van der Waals surface area contributed by atoms with Crippen LogP contribution in [0.15, 0.2) is 6.33 Å². The lowest BCUT2D eigenvalue weighted by molar-refractivity contribution is 0.133. The first kappa shape index (κ1) is 13.5. The molecule has 1 aromatic rings. The van der Waals surface area contributed by atoms with E-state index in [9.17, 15) is 5.11 Å². The van der Waals surface area contributed by atoms with Crippen LogP contribution in [0.5, 0.6) is 5.88 Å². The third kappa shape index (κ3) is 3.20. The summed E-state index contributed by atoms with van der Waals surface area (Å²) in [6, 6.07) is 0. The summed E-state index contributed by atoms with van der Waals surface area (Å²) in [5.74, 6) is 0.820. The molecule has 96 valence electrons. The van der Waals surface area contributed by atoms with Gasteiger partial charge in [0.2, 0.25) is 5.88 Å². The Morgan fingerprint density at radius 3 is 2.71 bits per heavy atom. The number of aromatic nitrogens is 2. The molecule has 0 aliphatic rings. The second-order valence-electron chi connectivity index (χ2n) is 4.40. The molecule has 0 aliphatic heterocycles. The number of aliphatic hydroxyl groups is 1. The number of nitrogens with zero attached hydrogens (tertiary/aromatic N) is 2. The predicted octanol–water partition coefficient (Wildman–Crippen LogP) is 1.03. The molecule has 6 heteroatoms. The van der Waals surface area contributed by atoms with Gasteiger partial charge in [-0.2, -0.15) is 4.98 Å². The molecule has 4 N–H and O–H groups in total. The van der Waals surface area contributed by atoms with Gasteiger partial charge < -0.3 is 20.9 Å². The summed E-state index contributed by atoms with van der Waals surface area (Å²) >= 11 is 0. The zero-order valence-corrected chi connectivity index (χ0v) is 10.7. The van der Waals surface area contributed by atoms with Gasteiger partial charge in [-0.1, -0.05) is 0 Å². The first-order valence-electron chi connectivity index (χ1n) is 5.58. The summed E-state index contributed by atoms with van der Waals surface area (Å²) in [4.78, 5) is 7.99. The number of aliphatic hydroxyl groups excluding tert-OH is 1. The van der Waals surface area contributed by atoms with E-state index in [1.54, 1.807) is 6.92 Å². The third-order valence-electron chi connectivity index (χ3n) is 2.61. The van der Waals surface area contributed by atoms with Gasteiger partial charge in [0.25, 0.3) is 0 Å². The number of hydrogen-bond acceptors (Lipinski definition) is 6. The molecule has 1 rings (SSSR count). The zero-order valence-electron chi connectivity index (χ0n) is 10.7. The van der Waals surface area contributed by atoms with Crippen molar-refractivity contribution in [3.63, 3.8) is 0 Å². The van der Waals surface area contributed by atoms with Crippen LogP contribution in [-0.4, -0.2) is 33.3 Å². The lowest BCUT2D eigenvalue weighted by Gasteiger charge is -2.30. The number of hydrogen-bond donors (Lipinski definition) is 3. The van der Waals surface area contributed by atoms with Crippen LogP contribution in [0.3, 0.4) is 0 Å². The van der Waals surface area contributed by atoms with Gasteiger partial charge >= 0.3 is 0 Å². The second kappa shape index (κ2) is 5.18. The quantitative estimate of drug-likeness (QED) is 0.711. The minimum absolute atomic E-state index is 0.350. The van der Waals surface area contributed by atoms with Crippen molar-refractivity contribution in [2.45, 2.75) is 39.3 Å². The molecule has 0 saturated heterocycles. The minimum atomic E-state index is -0.549. The van der Waals surface area contributed by atoms with Crippen molar-refractivity contribution in [1.82, 2.24) is 9.97 Å². The van der Waals surface area contributed by atoms with E-state index in [2.05, 4.69) is 15.3 Å². The summed E-state index contributed by atoms with van der Waals surface area (Å²) in [7, 11) is 0. The van der Waals surface area contributed by atoms with E-state index in [0.29, 0.717) is 24.0 Å². The van der Waals surface area contributed by atoms with Crippen LogP contribution in [0.25, 0.3) is 0 Å². The van der Waals surface area contributed by atoms with Gasteiger partial charge in [-0.3, -0.25) is 0 Å². The maximum absolute atomic E-state index is 9.63. The minimum Gasteiger partial charge on any atom is -0.476 e. The molecule has 17 heavy (non-hydrogen) atoms. The molecule has 6 nitrogen and oxygen atoms in total. The summed E-state index contributed by atoms with van der Waals surface area (Å²) in [5.41, 5.74) is 5.70. The van der Waals surface area contributed by atoms with Gasteiger partial charge in [0, 0.05) is 0 Å². The summed E-state index contributed by atoms with van der Waals surface area (Å²) < 4.78 is 5.27. The molecule has 0 fully saturated rings. The predicted molar refractivity (Wildman–Crippen MR) is 67.0 cm³/mol. The molecule has 0 saturated carbocycles. The highest BCUT2D eigenvalue weighted by Crippen LogP contribution is 2.27. The van der Waals surface area contributed by atoms with Crippen LogP contribution in [0.2, 0.25) is 0 Å². The Kier molecular flexibility index (Phi) is 4.11. The van der Waals surface area contributed by atoms with Gasteiger partial charge in [-0.25, -0.2) is 4.98 Å². The van der Waals surface area contributed by atoms with Gasteiger partial charge in [0.05, 0.1) is 18.2 Å². The zero-order chi connectivity index (χ0) is 13.1. The first-order chi connectivity index (χ1) is 7.88. The van der Waals surface area contributed by atoms with E-state index in [1.165, 1.54) is 6.33 Å². The van der Waals surface area contributed by atoms with Crippen molar-refractivity contribution in [3.05, 3.63) is 6.33 Å². The van der Waals surface area contributed by atoms with E-state index in [1.807, 2.05) is 20.8 Å². The van der Waals surface area contributed by atoms with E-state index in [-0.39, 0.29) is 0 Å². The maximum Gasteiger partial charge on any atom is 0.242 e. The fourth-order valence-electron chi connectivity index (χ4n) is 1.14. The number of anilines is 2. The Hall–Kier alpha value is -1.56. The topological polar surface area (TPSA) is 93.3 Å². The van der Waals surface area contributed by atoms with Gasteiger partial charge in [0.15, 0.2) is 5.82 Å². The van der Waals surface area contributed by atoms with E-state index < -0.39 is 11.6 Å². The Morgan fingerprint density at radius 1 is 1.53 bits per heavy atom. The van der Waals surface area contributed by atoms with Crippen LogP contribution >= 0.6 is 0 Å². The van der Waals surface area contributed by atoms with Crippen molar-refractivity contribution < 1.29 is 9.84 Å². The van der Waals surface area contributed by atoms with Crippen molar-refractivity contribution in [2.75, 3.05) is 17.7 Å². The van der Waals surface area contributed by atoms with Crippen LogP contribution < -0.4 is 15.8 Å². The van der Waals surface area contributed by atoms with Crippen LogP contribution in [-0.2, 0) is 0 Å². The number of nitrogens with one attached hydrogen (secondary N) is 1. The average Bonchev–Trinajstić information content (AvgIpc) is 2.24. The summed E-state index contributed by atoms with van der Waals surface area (Å²) in [6.45, 7) is 7.77. The molecule has 0 amide bonds. The number of nitrogens with two attached hydrogens (primary N) is 1. The molecule has 0 radical (unpaired) electrons. The number of rotatable bonds is 5. The molecular weight excluding hydrogens is 220 g/mol. The molecule has 0 bridgehead atoms. The second-order valence-corrected chi connectivity index (χ2v) is 4.40. The van der Waals surface area contributed by atoms with Crippen LogP contribution in [0, 0.1) is 0 Å². The van der Waals surface area contributed by atoms with Gasteiger partial charge in [0.1, 0.15) is 12.0 Å². The monoisotopic (exact) mass is 240 g/mol. The normalized spacial score (nSPS) is 13.2. The molecule has 1 atom stereocenters. The number of ether oxygens (including phenoxy) is 1. The molecule has 1 unspecified atom stereocenters. The Balaban J connectivity index is 2.96. The SMILES string of the molecule is CCOc1ncnc(NC(C)(C)C(C)O)c1N. The van der Waals surface area contributed by atoms with E-state index >= 15 is 0 Å². The largest absolute Gasteiger partial charge is 0.476 e. The summed E-state index contributed by atoms with van der Waals surface area (Å²) in [6.07, 6.45) is 0.828. The smallest absolute Gasteiger partial charge is 0.242 e. The van der Waals surface area contributed by atoms with E-state index in [0.717, 1.165) is 0 Å². The lowest BCUT2D eigenvalue weighted by Crippen LogP contribution is -2.42. The van der Waals surface area contributed by atoms with E-state index in [4.69, 9.17) is 10.5 Å². The highest BCUT2D eigenvalue weighted by Gasteiger charge is 2.25. The van der Waals surface area contributed by atoms with Gasteiger partial charge in [-0.15, -0.1) is 0 Å². The molecule has 1 aromatic heterocycles. The molecule has 1 heterocycles. The van der Waals surface area contributed by atoms with Crippen molar-refractivity contribution in [1.29, 1.82) is 0 Å². The molecule has 0 aromatic carbocycles. The lowest BCUT2D eigenvalue weighted by atomic mass is 9.99. The number of nitrogen functional groups attached to an aromatic ring is 1. The fourth-order valence-corrected chi connectivity index (χ4v) is 1.14. The average molecular weight is 240 g/mol. The fraction of sp³-hybridized carbons (Fsp3) is 0.636. The van der Waals surface area contributed by atoms with Crippen LogP contribution in [0.4, 0.5) is 11.5 Å². The standard InChI is InChI=1S/C11H20N4O2/c1-5-17-10-8(12)9(13-6-14-10)15-11(3,4)7(2)16/h6-7,16H,5,12H2,1-4H3,(H,13,14,15). The van der Waals surface area contributed by atoms with Crippen molar-refractivity contribution in [3.8, 4) is 5.88 Å². The van der Waals surface area contributed by atoms with Crippen molar-refractivity contribution >= 4 is 11.5 Å². The maximum atomic E-state index is 9.63. The molecule has 0 spiro atoms. The molecule has 0 aliphatic carbocycles. The summed E-state index contributed by atoms with van der Waals surface area (Å²) in [5, 5.41) is 12.7. The van der Waals surface area contributed by atoms with Gasteiger partial charge in [-0.05, 0) is 27.7 Å². The highest BCUT2D eigenvalue weighted by molar-refractivity contribution is 5.67. The van der Waals surface area contributed by atoms with Crippen molar-refractivity contribution in [2.24, 2.45) is 0 Å². The highest BCUT2D eigenvalue weighted by atomic mass is 16.5.